The van der Waals surface area contributed by atoms with Crippen molar-refractivity contribution in [3.63, 3.8) is 0 Å². The van der Waals surface area contributed by atoms with Gasteiger partial charge in [0.15, 0.2) is 6.10 Å². The zero-order valence-corrected chi connectivity index (χ0v) is 48.3. The molecule has 0 heterocycles. The van der Waals surface area contributed by atoms with E-state index in [-0.39, 0.29) is 25.9 Å². The number of rotatable bonds is 52. The van der Waals surface area contributed by atoms with Crippen molar-refractivity contribution in [2.45, 2.75) is 226 Å². The van der Waals surface area contributed by atoms with Crippen molar-refractivity contribution < 1.29 is 52.2 Å². The number of phosphoric acid groups is 1. The summed E-state index contributed by atoms with van der Waals surface area (Å²) < 4.78 is 39.5. The van der Waals surface area contributed by atoms with Crippen molar-refractivity contribution in [3.05, 3.63) is 134 Å². The second-order valence-electron chi connectivity index (χ2n) is 18.7. The van der Waals surface area contributed by atoms with Gasteiger partial charge in [-0.3, -0.25) is 23.4 Å². The normalized spacial score (nSPS) is 14.3. The highest BCUT2D eigenvalue weighted by Gasteiger charge is 2.28. The van der Waals surface area contributed by atoms with E-state index in [2.05, 4.69) is 154 Å². The quantitative estimate of drug-likeness (QED) is 0.0197. The molecule has 0 aliphatic carbocycles. The van der Waals surface area contributed by atoms with Gasteiger partial charge in [-0.1, -0.05) is 199 Å². The number of hydrogen-bond donors (Lipinski definition) is 2. The first-order valence-electron chi connectivity index (χ1n) is 29.1. The van der Waals surface area contributed by atoms with Gasteiger partial charge in [0.25, 0.3) is 0 Å². The van der Waals surface area contributed by atoms with Crippen molar-refractivity contribution in [1.29, 1.82) is 0 Å². The van der Waals surface area contributed by atoms with Crippen LogP contribution in [-0.4, -0.2) is 66.5 Å². The maximum Gasteiger partial charge on any atom is 0.472 e. The third-order valence-electron chi connectivity index (χ3n) is 11.6. The fourth-order valence-corrected chi connectivity index (χ4v) is 8.02. The lowest BCUT2D eigenvalue weighted by Gasteiger charge is -2.21. The van der Waals surface area contributed by atoms with E-state index < -0.39 is 57.8 Å². The number of aliphatic hydroxyl groups excluding tert-OH is 1. The highest BCUT2D eigenvalue weighted by Crippen LogP contribution is 2.43. The van der Waals surface area contributed by atoms with Crippen molar-refractivity contribution in [3.8, 4) is 0 Å². The van der Waals surface area contributed by atoms with E-state index in [9.17, 15) is 28.9 Å². The topological polar surface area (TPSA) is 155 Å². The highest BCUT2D eigenvalue weighted by molar-refractivity contribution is 7.47. The molecule has 0 aliphatic rings. The molecule has 0 saturated heterocycles. The second kappa shape index (κ2) is 56.8. The summed E-state index contributed by atoms with van der Waals surface area (Å²) in [5.74, 6) is -1.57. The lowest BCUT2D eigenvalue weighted by molar-refractivity contribution is -0.161. The Bertz CT molecular complexity index is 1780. The summed E-state index contributed by atoms with van der Waals surface area (Å²) in [6.45, 7) is 4.20. The molecule has 11 nitrogen and oxygen atoms in total. The summed E-state index contributed by atoms with van der Waals surface area (Å²) in [6.07, 6.45) is 71.2. The fourth-order valence-electron chi connectivity index (χ4n) is 7.23. The minimum Gasteiger partial charge on any atom is -0.462 e. The molecule has 0 fully saturated rings. The van der Waals surface area contributed by atoms with Gasteiger partial charge >= 0.3 is 25.7 Å². The fraction of sp³-hybridized carbons (Fsp3) is 0.609. The SMILES string of the molecule is CC/C=C\C/C=C\C/C=C\C/C=C\CCCCCCC(=O)OC(COC(=O)CCCC/C=C\C/C=C\C/C=C\C/C=C\CC)COP(=O)(O)OCC(CO)OC(=O)CCCCCCCCC/C=C\C/C=C\C/C=C\CC. The smallest absolute Gasteiger partial charge is 0.462 e. The number of ether oxygens (including phenoxy) is 3. The number of unbranched alkanes of at least 4 members (excludes halogenated alkanes) is 13. The molecule has 12 heteroatoms. The summed E-state index contributed by atoms with van der Waals surface area (Å²) in [5, 5.41) is 9.83. The molecule has 0 amide bonds. The minimum atomic E-state index is -4.78. The minimum absolute atomic E-state index is 0.122. The average molecular weight is 1080 g/mol. The Balaban J connectivity index is 4.82. The predicted molar refractivity (Wildman–Crippen MR) is 316 cm³/mol. The lowest BCUT2D eigenvalue weighted by atomic mass is 10.1. The van der Waals surface area contributed by atoms with E-state index >= 15 is 0 Å². The first-order valence-corrected chi connectivity index (χ1v) is 30.6. The molecule has 3 atom stereocenters. The molecular formula is C64H103O11P. The third-order valence-corrected chi connectivity index (χ3v) is 12.5. The van der Waals surface area contributed by atoms with E-state index in [0.717, 1.165) is 148 Å². The Kier molecular flexibility index (Phi) is 53.5. The summed E-state index contributed by atoms with van der Waals surface area (Å²) in [5.41, 5.74) is 0. The van der Waals surface area contributed by atoms with E-state index in [1.807, 2.05) is 0 Å². The van der Waals surface area contributed by atoms with E-state index in [1.54, 1.807) is 0 Å². The monoisotopic (exact) mass is 1080 g/mol. The van der Waals surface area contributed by atoms with E-state index in [1.165, 1.54) is 6.42 Å². The van der Waals surface area contributed by atoms with Gasteiger partial charge in [-0.25, -0.2) is 4.57 Å². The van der Waals surface area contributed by atoms with Gasteiger partial charge in [0.1, 0.15) is 12.7 Å². The van der Waals surface area contributed by atoms with Crippen LogP contribution in [0.1, 0.15) is 213 Å². The molecule has 0 rings (SSSR count). The van der Waals surface area contributed by atoms with Crippen LogP contribution in [0.25, 0.3) is 0 Å². The van der Waals surface area contributed by atoms with Crippen molar-refractivity contribution in [2.24, 2.45) is 0 Å². The summed E-state index contributed by atoms with van der Waals surface area (Å²) in [6, 6.07) is 0. The van der Waals surface area contributed by atoms with Crippen LogP contribution < -0.4 is 0 Å². The molecule has 2 N–H and O–H groups in total. The Morgan fingerprint density at radius 1 is 0.368 bits per heavy atom. The molecule has 430 valence electrons. The summed E-state index contributed by atoms with van der Waals surface area (Å²) in [4.78, 5) is 48.6. The van der Waals surface area contributed by atoms with Gasteiger partial charge in [-0.2, -0.15) is 0 Å². The van der Waals surface area contributed by atoms with Gasteiger partial charge in [-0.05, 0) is 128 Å². The standard InChI is InChI=1S/C64H103O11P/c1-4-7-10-13-16-19-22-25-28-30-33-36-39-42-45-48-51-54-63(67)74-60(56-65)58-72-76(69,70)73-59-61(57-71-62(66)53-50-47-44-41-38-35-32-27-24-21-18-15-12-9-6-3)75-64(68)55-52-49-46-43-40-37-34-31-29-26-23-20-17-14-11-8-5-2/h7-12,16-21,25-29,32,34,37-38,41,60-61,65H,4-6,13-15,22-24,30-31,33,35-36,39-40,42-59H2,1-3H3,(H,69,70)/b10-7-,11-8-,12-9-,19-16-,20-17-,21-18-,28-25-,29-26-,32-27-,37-34-,41-38-. The van der Waals surface area contributed by atoms with Gasteiger partial charge in [-0.15, -0.1) is 0 Å². The summed E-state index contributed by atoms with van der Waals surface area (Å²) >= 11 is 0. The maximum atomic E-state index is 12.9. The van der Waals surface area contributed by atoms with E-state index in [0.29, 0.717) is 19.3 Å². The van der Waals surface area contributed by atoms with E-state index in [4.69, 9.17) is 23.3 Å². The Morgan fingerprint density at radius 2 is 0.645 bits per heavy atom. The first-order chi connectivity index (χ1) is 37.2. The third kappa shape index (κ3) is 54.4. The van der Waals surface area contributed by atoms with Crippen molar-refractivity contribution in [1.82, 2.24) is 0 Å². The number of aliphatic hydroxyl groups is 1. The van der Waals surface area contributed by atoms with Crippen LogP contribution in [0.4, 0.5) is 0 Å². The van der Waals surface area contributed by atoms with Gasteiger partial charge < -0.3 is 24.2 Å². The lowest BCUT2D eigenvalue weighted by Crippen LogP contribution is -2.30. The molecule has 0 aliphatic heterocycles. The van der Waals surface area contributed by atoms with Crippen LogP contribution in [0.5, 0.6) is 0 Å². The summed E-state index contributed by atoms with van der Waals surface area (Å²) in [7, 11) is -4.78. The largest absolute Gasteiger partial charge is 0.472 e. The Labute approximate surface area is 461 Å². The second-order valence-corrected chi connectivity index (χ2v) is 20.1. The molecule has 76 heavy (non-hydrogen) atoms. The first kappa shape index (κ1) is 71.6. The highest BCUT2D eigenvalue weighted by atomic mass is 31.2. The van der Waals surface area contributed by atoms with Crippen LogP contribution in [-0.2, 0) is 42.2 Å². The Hall–Kier alpha value is -4.38. The molecule has 3 unspecified atom stereocenters. The van der Waals surface area contributed by atoms with Crippen LogP contribution >= 0.6 is 7.82 Å². The van der Waals surface area contributed by atoms with Crippen LogP contribution in [0.3, 0.4) is 0 Å². The van der Waals surface area contributed by atoms with Gasteiger partial charge in [0.05, 0.1) is 19.8 Å². The molecule has 0 saturated carbocycles. The van der Waals surface area contributed by atoms with Crippen LogP contribution in [0, 0.1) is 0 Å². The molecule has 0 aromatic heterocycles. The molecular weight excluding hydrogens is 976 g/mol. The van der Waals surface area contributed by atoms with Gasteiger partial charge in [0.2, 0.25) is 0 Å². The van der Waals surface area contributed by atoms with Crippen molar-refractivity contribution >= 4 is 25.7 Å². The molecule has 0 aromatic carbocycles. The zero-order valence-electron chi connectivity index (χ0n) is 47.4. The predicted octanol–water partition coefficient (Wildman–Crippen LogP) is 17.4. The molecule has 0 radical (unpaired) electrons. The average Bonchev–Trinajstić information content (AvgIpc) is 3.41. The van der Waals surface area contributed by atoms with Crippen LogP contribution in [0.2, 0.25) is 0 Å². The number of phosphoric ester groups is 1. The van der Waals surface area contributed by atoms with Crippen LogP contribution in [0.15, 0.2) is 134 Å². The molecule has 0 bridgehead atoms. The number of esters is 3. The zero-order chi connectivity index (χ0) is 55.5. The molecule has 0 aromatic rings. The Morgan fingerprint density at radius 3 is 1.01 bits per heavy atom. The number of carbonyl (C=O) groups is 3. The van der Waals surface area contributed by atoms with Gasteiger partial charge in [0, 0.05) is 19.3 Å². The molecule has 0 spiro atoms. The number of allylic oxidation sites excluding steroid dienone is 22. The maximum absolute atomic E-state index is 12.9. The number of carbonyl (C=O) groups excluding carboxylic acids is 3. The van der Waals surface area contributed by atoms with Crippen molar-refractivity contribution in [2.75, 3.05) is 26.4 Å². The number of hydrogen-bond acceptors (Lipinski definition) is 10.